The number of hydrogen-bond donors (Lipinski definition) is 2. The number of halogens is 3. The first-order valence-electron chi connectivity index (χ1n) is 9.67. The maximum atomic E-state index is 13.8. The predicted octanol–water partition coefficient (Wildman–Crippen LogP) is 2.49. The smallest absolute Gasteiger partial charge is 0.417 e. The van der Waals surface area contributed by atoms with E-state index < -0.39 is 29.2 Å². The zero-order valence-corrected chi connectivity index (χ0v) is 16.0. The Hall–Kier alpha value is -2.52. The second-order valence-electron chi connectivity index (χ2n) is 8.53. The lowest BCUT2D eigenvalue weighted by Crippen LogP contribution is -2.47. The van der Waals surface area contributed by atoms with E-state index in [-0.39, 0.29) is 29.0 Å². The second kappa shape index (κ2) is 6.50. The molecule has 158 valence electrons. The maximum absolute atomic E-state index is 13.8. The van der Waals surface area contributed by atoms with E-state index in [1.54, 1.807) is 9.80 Å². The van der Waals surface area contributed by atoms with E-state index in [1.807, 2.05) is 6.92 Å². The molecule has 1 aromatic heterocycles. The molecule has 2 saturated heterocycles. The van der Waals surface area contributed by atoms with Crippen LogP contribution in [0.1, 0.15) is 48.5 Å². The number of nitrogens with zero attached hydrogens (tertiary/aromatic N) is 3. The summed E-state index contributed by atoms with van der Waals surface area (Å²) in [6.07, 6.45) is -2.17. The van der Waals surface area contributed by atoms with Gasteiger partial charge in [-0.15, -0.1) is 0 Å². The number of aromatic nitrogens is 1. The zero-order chi connectivity index (χ0) is 21.1. The molecular formula is C19H23F3N4O3. The Morgan fingerprint density at radius 1 is 1.31 bits per heavy atom. The number of primary amides is 1. The Morgan fingerprint density at radius 3 is 2.48 bits per heavy atom. The number of carboxylic acids is 1. The summed E-state index contributed by atoms with van der Waals surface area (Å²) in [7, 11) is 0. The quantitative estimate of drug-likeness (QED) is 0.788. The fraction of sp³-hybridized carbons (Fsp3) is 0.632. The van der Waals surface area contributed by atoms with Gasteiger partial charge in [0.05, 0.1) is 17.0 Å². The number of alkyl halides is 3. The topological polar surface area (TPSA) is 99.8 Å². The minimum Gasteiger partial charge on any atom is -0.481 e. The Morgan fingerprint density at radius 2 is 2.00 bits per heavy atom. The van der Waals surface area contributed by atoms with E-state index in [9.17, 15) is 22.8 Å². The molecule has 29 heavy (non-hydrogen) atoms. The van der Waals surface area contributed by atoms with Crippen LogP contribution in [0.15, 0.2) is 6.07 Å². The molecule has 3 aliphatic rings. The summed E-state index contributed by atoms with van der Waals surface area (Å²) in [5.74, 6) is -2.22. The number of amides is 1. The van der Waals surface area contributed by atoms with Gasteiger partial charge in [-0.2, -0.15) is 13.2 Å². The van der Waals surface area contributed by atoms with Crippen LogP contribution in [0.3, 0.4) is 0 Å². The highest BCUT2D eigenvalue weighted by molar-refractivity contribution is 6.00. The molecule has 1 aromatic rings. The predicted molar refractivity (Wildman–Crippen MR) is 98.8 cm³/mol. The number of carbonyl (C=O) groups is 2. The van der Waals surface area contributed by atoms with Crippen LogP contribution in [0.5, 0.6) is 0 Å². The average Bonchev–Trinajstić information content (AvgIpc) is 3.03. The highest BCUT2D eigenvalue weighted by Gasteiger charge is 2.51. The highest BCUT2D eigenvalue weighted by Crippen LogP contribution is 2.52. The summed E-state index contributed by atoms with van der Waals surface area (Å²) in [4.78, 5) is 30.9. The van der Waals surface area contributed by atoms with E-state index in [0.717, 1.165) is 12.5 Å². The molecule has 7 nitrogen and oxygen atoms in total. The Labute approximate surface area is 165 Å². The van der Waals surface area contributed by atoms with Crippen LogP contribution in [0.25, 0.3) is 0 Å². The number of carbonyl (C=O) groups excluding carboxylic acids is 1. The zero-order valence-electron chi connectivity index (χ0n) is 16.0. The molecule has 1 aliphatic carbocycles. The summed E-state index contributed by atoms with van der Waals surface area (Å²) >= 11 is 0. The summed E-state index contributed by atoms with van der Waals surface area (Å²) in [6, 6.07) is 0.880. The van der Waals surface area contributed by atoms with Gasteiger partial charge in [0, 0.05) is 25.7 Å². The number of aliphatic carboxylic acids is 1. The third-order valence-electron chi connectivity index (χ3n) is 6.60. The summed E-state index contributed by atoms with van der Waals surface area (Å²) in [6.45, 7) is 3.34. The van der Waals surface area contributed by atoms with Crippen LogP contribution >= 0.6 is 0 Å². The van der Waals surface area contributed by atoms with Crippen LogP contribution in [0.4, 0.5) is 24.8 Å². The highest BCUT2D eigenvalue weighted by atomic mass is 19.4. The van der Waals surface area contributed by atoms with E-state index >= 15 is 0 Å². The number of carboxylic acid groups (broad SMARTS) is 1. The average molecular weight is 412 g/mol. The first kappa shape index (κ1) is 19.8. The normalized spacial score (nSPS) is 29.0. The van der Waals surface area contributed by atoms with Crippen LogP contribution in [0.2, 0.25) is 0 Å². The van der Waals surface area contributed by atoms with Gasteiger partial charge in [-0.05, 0) is 44.1 Å². The van der Waals surface area contributed by atoms with Crippen LogP contribution in [-0.4, -0.2) is 47.6 Å². The lowest BCUT2D eigenvalue weighted by molar-refractivity contribution is -0.149. The Kier molecular flexibility index (Phi) is 4.43. The van der Waals surface area contributed by atoms with Crippen molar-refractivity contribution in [1.82, 2.24) is 4.98 Å². The van der Waals surface area contributed by atoms with Gasteiger partial charge in [-0.1, -0.05) is 0 Å². The van der Waals surface area contributed by atoms with Gasteiger partial charge in [-0.3, -0.25) is 9.59 Å². The molecule has 1 spiro atoms. The number of pyridine rings is 1. The fourth-order valence-corrected chi connectivity index (χ4v) is 4.81. The van der Waals surface area contributed by atoms with Gasteiger partial charge in [0.15, 0.2) is 0 Å². The molecule has 3 heterocycles. The molecule has 10 heteroatoms. The molecule has 1 atom stereocenters. The standard InChI is InChI=1S/C19H23F3N4O3/c1-10-2-4-26(10)16-14(15(23)27)12(19(20,21)22)6-13(24-16)25-5-3-18(9-25)7-11(8-18)17(28)29/h6,10-11H,2-5,7-9H2,1H3,(H2,23,27)(H,28,29). The van der Waals surface area contributed by atoms with Crippen molar-refractivity contribution >= 4 is 23.5 Å². The second-order valence-corrected chi connectivity index (χ2v) is 8.53. The maximum Gasteiger partial charge on any atom is 0.417 e. The van der Waals surface area contributed by atoms with Gasteiger partial charge >= 0.3 is 12.1 Å². The van der Waals surface area contributed by atoms with E-state index in [2.05, 4.69) is 4.98 Å². The minimum absolute atomic E-state index is 0.0148. The van der Waals surface area contributed by atoms with Crippen molar-refractivity contribution in [3.63, 3.8) is 0 Å². The first-order valence-corrected chi connectivity index (χ1v) is 9.67. The van der Waals surface area contributed by atoms with Crippen molar-refractivity contribution in [2.24, 2.45) is 17.1 Å². The third-order valence-corrected chi connectivity index (χ3v) is 6.60. The molecule has 2 aliphatic heterocycles. The van der Waals surface area contributed by atoms with E-state index in [1.165, 1.54) is 0 Å². The number of rotatable bonds is 4. The summed E-state index contributed by atoms with van der Waals surface area (Å²) < 4.78 is 41.3. The Bertz CT molecular complexity index is 867. The van der Waals surface area contributed by atoms with Crippen molar-refractivity contribution in [3.8, 4) is 0 Å². The van der Waals surface area contributed by atoms with Crippen LogP contribution < -0.4 is 15.5 Å². The van der Waals surface area contributed by atoms with Gasteiger partial charge in [-0.25, -0.2) is 4.98 Å². The Balaban J connectivity index is 1.70. The summed E-state index contributed by atoms with van der Waals surface area (Å²) in [5, 5.41) is 9.12. The largest absolute Gasteiger partial charge is 0.481 e. The molecule has 1 unspecified atom stereocenters. The first-order chi connectivity index (χ1) is 13.5. The number of hydrogen-bond acceptors (Lipinski definition) is 5. The SMILES string of the molecule is CC1CCN1c1nc(N2CCC3(CC(C(=O)O)C3)C2)cc(C(F)(F)F)c1C(N)=O. The van der Waals surface area contributed by atoms with Gasteiger partial charge in [0.1, 0.15) is 11.6 Å². The van der Waals surface area contributed by atoms with E-state index in [4.69, 9.17) is 10.8 Å². The minimum atomic E-state index is -4.74. The van der Waals surface area contributed by atoms with Gasteiger partial charge < -0.3 is 20.6 Å². The van der Waals surface area contributed by atoms with Crippen molar-refractivity contribution < 1.29 is 27.9 Å². The van der Waals surface area contributed by atoms with Crippen molar-refractivity contribution in [2.45, 2.75) is 44.8 Å². The van der Waals surface area contributed by atoms with Gasteiger partial charge in [0.2, 0.25) is 0 Å². The molecule has 0 bridgehead atoms. The molecule has 0 aromatic carbocycles. The molecule has 0 radical (unpaired) electrons. The number of anilines is 2. The third kappa shape index (κ3) is 3.28. The monoisotopic (exact) mass is 412 g/mol. The lowest BCUT2D eigenvalue weighted by Gasteiger charge is -2.43. The fourth-order valence-electron chi connectivity index (χ4n) is 4.81. The lowest BCUT2D eigenvalue weighted by atomic mass is 9.61. The van der Waals surface area contributed by atoms with E-state index in [0.29, 0.717) is 38.9 Å². The molecule has 1 saturated carbocycles. The molecule has 4 rings (SSSR count). The van der Waals surface area contributed by atoms with Crippen LogP contribution in [0, 0.1) is 11.3 Å². The molecular weight excluding hydrogens is 389 g/mol. The number of nitrogens with two attached hydrogens (primary N) is 1. The van der Waals surface area contributed by atoms with Crippen molar-refractivity contribution in [2.75, 3.05) is 29.4 Å². The molecule has 1 amide bonds. The molecule has 3 fully saturated rings. The summed E-state index contributed by atoms with van der Waals surface area (Å²) in [5.41, 5.74) is 3.48. The van der Waals surface area contributed by atoms with Gasteiger partial charge in [0.25, 0.3) is 5.91 Å². The molecule has 3 N–H and O–H groups in total. The van der Waals surface area contributed by atoms with Crippen LogP contribution in [-0.2, 0) is 11.0 Å². The van der Waals surface area contributed by atoms with Crippen molar-refractivity contribution in [3.05, 3.63) is 17.2 Å². The van der Waals surface area contributed by atoms with Crippen molar-refractivity contribution in [1.29, 1.82) is 0 Å².